The molecule has 0 saturated carbocycles. The molecule has 1 fully saturated rings. The van der Waals surface area contributed by atoms with E-state index >= 15 is 0 Å². The number of aromatic amines is 1. The molecule has 5 rings (SSSR count). The smallest absolute Gasteiger partial charge is 0.303 e. The number of H-pyrrole nitrogens is 1. The Morgan fingerprint density at radius 1 is 1.16 bits per heavy atom. The van der Waals surface area contributed by atoms with E-state index < -0.39 is 5.97 Å². The second-order valence-corrected chi connectivity index (χ2v) is 9.07. The van der Waals surface area contributed by atoms with Gasteiger partial charge in [-0.3, -0.25) is 19.4 Å². The summed E-state index contributed by atoms with van der Waals surface area (Å²) < 4.78 is 4.96. The highest BCUT2D eigenvalue weighted by atomic mass is 16.5. The third-order valence-corrected chi connectivity index (χ3v) is 7.13. The van der Waals surface area contributed by atoms with Crippen molar-refractivity contribution in [3.8, 4) is 0 Å². The van der Waals surface area contributed by atoms with Crippen molar-refractivity contribution in [2.24, 2.45) is 0 Å². The number of hydrogen-bond donors (Lipinski definition) is 1. The topological polar surface area (TPSA) is 95.6 Å². The molecule has 1 saturated heterocycles. The van der Waals surface area contributed by atoms with E-state index in [2.05, 4.69) is 16.0 Å². The molecule has 8 nitrogen and oxygen atoms in total. The number of ether oxygens (including phenoxy) is 1. The molecule has 0 bridgehead atoms. The Morgan fingerprint density at radius 2 is 1.91 bits per heavy atom. The second-order valence-electron chi connectivity index (χ2n) is 9.07. The van der Waals surface area contributed by atoms with Gasteiger partial charge in [0.15, 0.2) is 6.61 Å². The first-order valence-electron chi connectivity index (χ1n) is 11.4. The minimum Gasteiger partial charge on any atom is -0.456 e. The van der Waals surface area contributed by atoms with Gasteiger partial charge >= 0.3 is 5.97 Å². The molecule has 1 N–H and O–H groups in total. The molecule has 1 spiro atoms. The standard InChI is InChI=1S/C24H28N4O4/c1-16(29)32-14-21(30)28-15-24(18-7-3-5-9-20(18)28)10-12-27(13-11-24)23-25-19-8-4-2-6-17(19)22(31)26-23/h3,5,7,9H,2,4,6,8,10-15H2,1H3,(H,25,26,31). The minimum atomic E-state index is -0.458. The van der Waals surface area contributed by atoms with Crippen molar-refractivity contribution in [1.82, 2.24) is 9.97 Å². The molecule has 32 heavy (non-hydrogen) atoms. The van der Waals surface area contributed by atoms with Crippen molar-refractivity contribution < 1.29 is 14.3 Å². The fourth-order valence-corrected chi connectivity index (χ4v) is 5.41. The molecule has 0 atom stereocenters. The predicted molar refractivity (Wildman–Crippen MR) is 120 cm³/mol. The van der Waals surface area contributed by atoms with Crippen LogP contribution in [0.5, 0.6) is 0 Å². The van der Waals surface area contributed by atoms with E-state index in [0.717, 1.165) is 68.6 Å². The number of aryl methyl sites for hydroxylation is 1. The summed E-state index contributed by atoms with van der Waals surface area (Å²) in [5, 5.41) is 0. The van der Waals surface area contributed by atoms with Crippen molar-refractivity contribution >= 4 is 23.5 Å². The summed E-state index contributed by atoms with van der Waals surface area (Å²) in [5.74, 6) is 0.00704. The van der Waals surface area contributed by atoms with Gasteiger partial charge in [-0.25, -0.2) is 4.98 Å². The van der Waals surface area contributed by atoms with E-state index in [1.807, 2.05) is 18.2 Å². The molecule has 3 heterocycles. The summed E-state index contributed by atoms with van der Waals surface area (Å²) in [7, 11) is 0. The lowest BCUT2D eigenvalue weighted by molar-refractivity contribution is -0.145. The van der Waals surface area contributed by atoms with Gasteiger partial charge in [0.25, 0.3) is 11.5 Å². The molecule has 2 aromatic rings. The number of hydrogen-bond acceptors (Lipinski definition) is 6. The highest BCUT2D eigenvalue weighted by molar-refractivity contribution is 5.97. The van der Waals surface area contributed by atoms with Crippen LogP contribution in [0.1, 0.15) is 49.4 Å². The van der Waals surface area contributed by atoms with E-state index in [1.165, 1.54) is 12.5 Å². The van der Waals surface area contributed by atoms with Crippen molar-refractivity contribution in [3.05, 3.63) is 51.4 Å². The first kappa shape index (κ1) is 20.7. The maximum atomic E-state index is 12.8. The molecular weight excluding hydrogens is 408 g/mol. The number of carbonyl (C=O) groups is 2. The van der Waals surface area contributed by atoms with E-state index in [4.69, 9.17) is 9.72 Å². The molecule has 168 valence electrons. The van der Waals surface area contributed by atoms with Crippen LogP contribution in [-0.4, -0.2) is 48.1 Å². The first-order valence-corrected chi connectivity index (χ1v) is 11.4. The number of esters is 1. The summed E-state index contributed by atoms with van der Waals surface area (Å²) >= 11 is 0. The van der Waals surface area contributed by atoms with Gasteiger partial charge in [0.2, 0.25) is 5.95 Å². The highest BCUT2D eigenvalue weighted by Gasteiger charge is 2.46. The summed E-state index contributed by atoms with van der Waals surface area (Å²) in [6.07, 6.45) is 5.52. The number of para-hydroxylation sites is 1. The number of carbonyl (C=O) groups excluding carboxylic acids is 2. The Hall–Kier alpha value is -3.16. The summed E-state index contributed by atoms with van der Waals surface area (Å²) in [6, 6.07) is 8.00. The highest BCUT2D eigenvalue weighted by Crippen LogP contribution is 2.47. The number of fused-ring (bicyclic) bond motifs is 3. The van der Waals surface area contributed by atoms with Gasteiger partial charge in [0.1, 0.15) is 0 Å². The lowest BCUT2D eigenvalue weighted by Crippen LogP contribution is -2.47. The van der Waals surface area contributed by atoms with Crippen LogP contribution in [0.15, 0.2) is 29.1 Å². The third-order valence-electron chi connectivity index (χ3n) is 7.13. The van der Waals surface area contributed by atoms with E-state index in [0.29, 0.717) is 12.5 Å². The van der Waals surface area contributed by atoms with Crippen LogP contribution in [0.4, 0.5) is 11.6 Å². The number of piperidine rings is 1. The molecule has 0 radical (unpaired) electrons. The Balaban J connectivity index is 1.36. The third kappa shape index (κ3) is 3.57. The molecule has 1 aliphatic carbocycles. The number of amides is 1. The van der Waals surface area contributed by atoms with Crippen LogP contribution >= 0.6 is 0 Å². The van der Waals surface area contributed by atoms with E-state index in [1.54, 1.807) is 4.90 Å². The van der Waals surface area contributed by atoms with Crippen LogP contribution in [0.25, 0.3) is 0 Å². The fourth-order valence-electron chi connectivity index (χ4n) is 5.41. The lowest BCUT2D eigenvalue weighted by Gasteiger charge is -2.40. The van der Waals surface area contributed by atoms with Crippen molar-refractivity contribution in [1.29, 1.82) is 0 Å². The Morgan fingerprint density at radius 3 is 2.69 bits per heavy atom. The average molecular weight is 437 g/mol. The summed E-state index contributed by atoms with van der Waals surface area (Å²) in [4.78, 5) is 48.2. The maximum Gasteiger partial charge on any atom is 0.303 e. The Kier molecular flexibility index (Phi) is 5.23. The van der Waals surface area contributed by atoms with Crippen molar-refractivity contribution in [2.75, 3.05) is 36.0 Å². The fraction of sp³-hybridized carbons (Fsp3) is 0.500. The average Bonchev–Trinajstić information content (AvgIpc) is 3.12. The minimum absolute atomic E-state index is 0.00144. The van der Waals surface area contributed by atoms with Gasteiger partial charge in [-0.1, -0.05) is 18.2 Å². The summed E-state index contributed by atoms with van der Waals surface area (Å²) in [6.45, 7) is 3.14. The zero-order chi connectivity index (χ0) is 22.3. The number of nitrogens with one attached hydrogen (secondary N) is 1. The zero-order valence-corrected chi connectivity index (χ0v) is 18.4. The first-order chi connectivity index (χ1) is 15.5. The van der Waals surface area contributed by atoms with Gasteiger partial charge < -0.3 is 14.5 Å². The predicted octanol–water partition coefficient (Wildman–Crippen LogP) is 2.10. The number of nitrogens with zero attached hydrogens (tertiary/aromatic N) is 3. The lowest BCUT2D eigenvalue weighted by atomic mass is 9.74. The molecule has 2 aliphatic heterocycles. The molecule has 0 unspecified atom stereocenters. The van der Waals surface area contributed by atoms with Crippen LogP contribution in [0.2, 0.25) is 0 Å². The SMILES string of the molecule is CC(=O)OCC(=O)N1CC2(CCN(c3nc4c(c(=O)[nH]3)CCCC4)CC2)c2ccccc21. The van der Waals surface area contributed by atoms with Crippen LogP contribution in [0.3, 0.4) is 0 Å². The van der Waals surface area contributed by atoms with Gasteiger partial charge in [-0.15, -0.1) is 0 Å². The van der Waals surface area contributed by atoms with Gasteiger partial charge in [0.05, 0.1) is 5.69 Å². The number of rotatable bonds is 3. The molecule has 1 aromatic heterocycles. The van der Waals surface area contributed by atoms with Gasteiger partial charge in [-0.2, -0.15) is 0 Å². The summed E-state index contributed by atoms with van der Waals surface area (Å²) in [5.41, 5.74) is 3.72. The zero-order valence-electron chi connectivity index (χ0n) is 18.4. The Bertz CT molecular complexity index is 1120. The van der Waals surface area contributed by atoms with Crippen LogP contribution < -0.4 is 15.4 Å². The second kappa shape index (κ2) is 8.07. The Labute approximate surface area is 186 Å². The number of benzene rings is 1. The van der Waals surface area contributed by atoms with Gasteiger partial charge in [-0.05, 0) is 50.2 Å². The molecule has 1 amide bonds. The molecule has 8 heteroatoms. The molecule has 3 aliphatic rings. The van der Waals surface area contributed by atoms with Crippen LogP contribution in [0, 0.1) is 0 Å². The van der Waals surface area contributed by atoms with E-state index in [9.17, 15) is 14.4 Å². The van der Waals surface area contributed by atoms with Crippen molar-refractivity contribution in [2.45, 2.75) is 50.9 Å². The number of aromatic nitrogens is 2. The van der Waals surface area contributed by atoms with Gasteiger partial charge in [0, 0.05) is 43.2 Å². The normalized spacial score (nSPS) is 18.9. The van der Waals surface area contributed by atoms with Crippen molar-refractivity contribution in [3.63, 3.8) is 0 Å². The molecule has 1 aromatic carbocycles. The molecular formula is C24H28N4O4. The number of anilines is 2. The van der Waals surface area contributed by atoms with E-state index in [-0.39, 0.29) is 23.5 Å². The van der Waals surface area contributed by atoms with Crippen LogP contribution in [-0.2, 0) is 32.6 Å². The maximum absolute atomic E-state index is 12.8. The quantitative estimate of drug-likeness (QED) is 0.741. The largest absolute Gasteiger partial charge is 0.456 e. The monoisotopic (exact) mass is 436 g/mol.